The van der Waals surface area contributed by atoms with E-state index in [9.17, 15) is 0 Å². The summed E-state index contributed by atoms with van der Waals surface area (Å²) in [6, 6.07) is 0. The zero-order valence-corrected chi connectivity index (χ0v) is 7.28. The summed E-state index contributed by atoms with van der Waals surface area (Å²) in [6.07, 6.45) is 1.27. The van der Waals surface area contributed by atoms with E-state index in [-0.39, 0.29) is 5.95 Å². The van der Waals surface area contributed by atoms with Gasteiger partial charge in [0.1, 0.15) is 0 Å². The van der Waals surface area contributed by atoms with Crippen molar-refractivity contribution >= 4 is 22.6 Å². The van der Waals surface area contributed by atoms with Crippen LogP contribution in [0.3, 0.4) is 0 Å². The van der Waals surface area contributed by atoms with Crippen molar-refractivity contribution < 1.29 is 4.52 Å². The van der Waals surface area contributed by atoms with Crippen molar-refractivity contribution in [3.05, 3.63) is 12.2 Å². The Kier molecular flexibility index (Phi) is 2.04. The zero-order valence-electron chi connectivity index (χ0n) is 6.47. The third-order valence-electron chi connectivity index (χ3n) is 1.25. The molecule has 2 aromatic heterocycles. The fourth-order valence-electron chi connectivity index (χ4n) is 0.732. The first kappa shape index (κ1) is 7.92. The molecule has 0 saturated carbocycles. The van der Waals surface area contributed by atoms with E-state index >= 15 is 0 Å². The maximum absolute atomic E-state index is 5.33. The second-order valence-electron chi connectivity index (χ2n) is 2.16. The molecule has 2 heterocycles. The second kappa shape index (κ2) is 3.35. The van der Waals surface area contributed by atoms with Crippen LogP contribution in [-0.4, -0.2) is 19.5 Å². The first-order valence-corrected chi connectivity index (χ1v) is 4.20. The van der Waals surface area contributed by atoms with Crippen molar-refractivity contribution in [2.24, 2.45) is 0 Å². The summed E-state index contributed by atoms with van der Waals surface area (Å²) in [7, 11) is 0. The third-order valence-corrected chi connectivity index (χ3v) is 1.93. The van der Waals surface area contributed by atoms with Crippen LogP contribution in [0.4, 0.5) is 11.1 Å². The molecule has 0 unspecified atom stereocenters. The summed E-state index contributed by atoms with van der Waals surface area (Å²) in [5, 5.41) is 7.20. The van der Waals surface area contributed by atoms with Gasteiger partial charge in [-0.25, -0.2) is 0 Å². The van der Waals surface area contributed by atoms with Gasteiger partial charge in [0.25, 0.3) is 0 Å². The lowest BCUT2D eigenvalue weighted by molar-refractivity contribution is 0.411. The molecule has 2 rings (SSSR count). The molecular weight excluding hydrogens is 192 g/mol. The molecule has 3 N–H and O–H groups in total. The highest BCUT2D eigenvalue weighted by Gasteiger charge is 2.01. The lowest BCUT2D eigenvalue weighted by Gasteiger charge is -1.94. The molecule has 0 amide bonds. The highest BCUT2D eigenvalue weighted by Crippen LogP contribution is 2.11. The van der Waals surface area contributed by atoms with E-state index in [2.05, 4.69) is 29.3 Å². The van der Waals surface area contributed by atoms with Gasteiger partial charge in [0, 0.05) is 11.5 Å². The topological polar surface area (TPSA) is 103 Å². The fourth-order valence-corrected chi connectivity index (χ4v) is 1.22. The van der Waals surface area contributed by atoms with Crippen LogP contribution < -0.4 is 11.1 Å². The van der Waals surface area contributed by atoms with Crippen LogP contribution in [0.15, 0.2) is 10.9 Å². The Labute approximate surface area is 77.1 Å². The van der Waals surface area contributed by atoms with Crippen molar-refractivity contribution in [3.8, 4) is 0 Å². The van der Waals surface area contributed by atoms with Crippen molar-refractivity contribution in [1.82, 2.24) is 19.5 Å². The van der Waals surface area contributed by atoms with Crippen LogP contribution in [0.5, 0.6) is 0 Å². The minimum atomic E-state index is 0.264. The molecular formula is C5H6N6OS. The third kappa shape index (κ3) is 1.90. The summed E-state index contributed by atoms with van der Waals surface area (Å²) >= 11 is 1.19. The van der Waals surface area contributed by atoms with Crippen LogP contribution in [0, 0.1) is 0 Å². The molecule has 0 spiro atoms. The van der Waals surface area contributed by atoms with Crippen molar-refractivity contribution in [3.63, 3.8) is 0 Å². The van der Waals surface area contributed by atoms with Gasteiger partial charge in [-0.2, -0.15) is 14.3 Å². The number of nitrogens with zero attached hydrogens (tertiary/aromatic N) is 4. The largest absolute Gasteiger partial charge is 0.367 e. The van der Waals surface area contributed by atoms with E-state index in [0.29, 0.717) is 17.5 Å². The minimum Gasteiger partial charge on any atom is -0.367 e. The van der Waals surface area contributed by atoms with Gasteiger partial charge < -0.3 is 15.6 Å². The Morgan fingerprint density at radius 2 is 2.54 bits per heavy atom. The van der Waals surface area contributed by atoms with Gasteiger partial charge >= 0.3 is 0 Å². The maximum atomic E-state index is 5.33. The maximum Gasteiger partial charge on any atom is 0.233 e. The molecule has 0 radical (unpaired) electrons. The Bertz CT molecular complexity index is 370. The normalized spacial score (nSPS) is 10.2. The number of aromatic nitrogens is 4. The van der Waals surface area contributed by atoms with Crippen LogP contribution in [0.2, 0.25) is 0 Å². The smallest absolute Gasteiger partial charge is 0.233 e. The van der Waals surface area contributed by atoms with Crippen LogP contribution >= 0.6 is 11.5 Å². The lowest BCUT2D eigenvalue weighted by Crippen LogP contribution is -2.00. The van der Waals surface area contributed by atoms with E-state index in [1.807, 2.05) is 0 Å². The van der Waals surface area contributed by atoms with Crippen molar-refractivity contribution in [2.45, 2.75) is 6.54 Å². The molecule has 0 atom stereocenters. The zero-order chi connectivity index (χ0) is 9.10. The Balaban J connectivity index is 1.93. The van der Waals surface area contributed by atoms with Crippen molar-refractivity contribution in [1.29, 1.82) is 0 Å². The van der Waals surface area contributed by atoms with E-state index in [0.717, 1.165) is 0 Å². The molecule has 0 saturated heterocycles. The van der Waals surface area contributed by atoms with Gasteiger partial charge in [-0.05, 0) is 0 Å². The van der Waals surface area contributed by atoms with Gasteiger partial charge in [0.2, 0.25) is 17.5 Å². The van der Waals surface area contributed by atoms with E-state index in [4.69, 9.17) is 5.73 Å². The van der Waals surface area contributed by atoms with E-state index in [1.165, 1.54) is 17.9 Å². The Hall–Kier alpha value is -1.70. The van der Waals surface area contributed by atoms with Crippen molar-refractivity contribution in [2.75, 3.05) is 11.1 Å². The molecule has 68 valence electrons. The standard InChI is InChI=1S/C5H6N6OS/c6-4-9-5(13-11-4)7-1-3-8-2-12-10-3/h2H,1H2,(H3,6,7,9,11). The lowest BCUT2D eigenvalue weighted by atomic mass is 10.6. The number of nitrogens with two attached hydrogens (primary N) is 1. The fraction of sp³-hybridized carbons (Fsp3) is 0.200. The van der Waals surface area contributed by atoms with Gasteiger partial charge in [-0.15, -0.1) is 0 Å². The number of rotatable bonds is 3. The monoisotopic (exact) mass is 198 g/mol. The summed E-state index contributed by atoms with van der Waals surface area (Å²) in [5.74, 6) is 0.828. The molecule has 0 fully saturated rings. The summed E-state index contributed by atoms with van der Waals surface area (Å²) in [5.41, 5.74) is 5.33. The van der Waals surface area contributed by atoms with Gasteiger partial charge in [0.05, 0.1) is 6.54 Å². The molecule has 0 aromatic carbocycles. The van der Waals surface area contributed by atoms with Crippen LogP contribution in [0.25, 0.3) is 0 Å². The highest BCUT2D eigenvalue weighted by atomic mass is 32.1. The molecule has 7 nitrogen and oxygen atoms in total. The number of hydrogen-bond acceptors (Lipinski definition) is 8. The molecule has 13 heavy (non-hydrogen) atoms. The van der Waals surface area contributed by atoms with E-state index < -0.39 is 0 Å². The van der Waals surface area contributed by atoms with E-state index in [1.54, 1.807) is 0 Å². The van der Waals surface area contributed by atoms with Gasteiger partial charge in [0.15, 0.2) is 5.82 Å². The molecule has 0 bridgehead atoms. The number of nitrogens with one attached hydrogen (secondary N) is 1. The first-order chi connectivity index (χ1) is 6.34. The summed E-state index contributed by atoms with van der Waals surface area (Å²) in [6.45, 7) is 0.450. The minimum absolute atomic E-state index is 0.264. The predicted octanol–water partition coefficient (Wildman–Crippen LogP) is 0.115. The predicted molar refractivity (Wildman–Crippen MR) is 45.9 cm³/mol. The quantitative estimate of drug-likeness (QED) is 0.721. The molecule has 0 aliphatic rings. The SMILES string of the molecule is Nc1nsc(NCc2ncon2)n1. The van der Waals surface area contributed by atoms with Crippen LogP contribution in [0.1, 0.15) is 5.82 Å². The number of anilines is 2. The molecule has 2 aromatic rings. The number of nitrogen functional groups attached to an aromatic ring is 1. The molecule has 8 heteroatoms. The highest BCUT2D eigenvalue weighted by molar-refractivity contribution is 7.09. The molecule has 0 aliphatic heterocycles. The van der Waals surface area contributed by atoms with Crippen LogP contribution in [-0.2, 0) is 6.54 Å². The van der Waals surface area contributed by atoms with Gasteiger partial charge in [-0.3, -0.25) is 0 Å². The number of hydrogen-bond donors (Lipinski definition) is 2. The second-order valence-corrected chi connectivity index (χ2v) is 2.91. The Morgan fingerprint density at radius 3 is 3.15 bits per heavy atom. The molecule has 0 aliphatic carbocycles. The summed E-state index contributed by atoms with van der Waals surface area (Å²) in [4.78, 5) is 7.72. The Morgan fingerprint density at radius 1 is 1.62 bits per heavy atom. The average molecular weight is 198 g/mol. The van der Waals surface area contributed by atoms with Gasteiger partial charge in [-0.1, -0.05) is 5.16 Å². The average Bonchev–Trinajstić information content (AvgIpc) is 2.71. The first-order valence-electron chi connectivity index (χ1n) is 3.43. The summed E-state index contributed by atoms with van der Waals surface area (Å²) < 4.78 is 8.35.